The number of hydrogen-bond donors (Lipinski definition) is 2. The van der Waals surface area contributed by atoms with Crippen LogP contribution in [0.3, 0.4) is 0 Å². The standard InChI is InChI=1S/C14H20N2O3/c1-18-12-6-5-10(8-13(12)19-2)9-16-14(17)11-4-3-7-15-11/h5-6,8,11,15H,3-4,7,9H2,1-2H3,(H,16,17)/t11-/m1/s1. The lowest BCUT2D eigenvalue weighted by molar-refractivity contribution is -0.122. The lowest BCUT2D eigenvalue weighted by Gasteiger charge is -2.12. The molecule has 0 bridgehead atoms. The van der Waals surface area contributed by atoms with Crippen LogP contribution in [0.15, 0.2) is 18.2 Å². The highest BCUT2D eigenvalue weighted by Gasteiger charge is 2.21. The van der Waals surface area contributed by atoms with E-state index in [0.717, 1.165) is 24.9 Å². The van der Waals surface area contributed by atoms with Gasteiger partial charge in [0.1, 0.15) is 0 Å². The van der Waals surface area contributed by atoms with Gasteiger partial charge in [0, 0.05) is 6.54 Å². The lowest BCUT2D eigenvalue weighted by Crippen LogP contribution is -2.39. The SMILES string of the molecule is COc1ccc(CNC(=O)[C@H]2CCCN2)cc1OC. The number of methoxy groups -OCH3 is 2. The third-order valence-corrected chi connectivity index (χ3v) is 3.29. The number of nitrogens with one attached hydrogen (secondary N) is 2. The van der Waals surface area contributed by atoms with Crippen LogP contribution in [0.1, 0.15) is 18.4 Å². The van der Waals surface area contributed by atoms with E-state index in [4.69, 9.17) is 9.47 Å². The highest BCUT2D eigenvalue weighted by Crippen LogP contribution is 2.27. The summed E-state index contributed by atoms with van der Waals surface area (Å²) in [5, 5.41) is 6.11. The van der Waals surface area contributed by atoms with Gasteiger partial charge in [-0.25, -0.2) is 0 Å². The van der Waals surface area contributed by atoms with Crippen LogP contribution in [0.2, 0.25) is 0 Å². The largest absolute Gasteiger partial charge is 0.493 e. The molecule has 2 rings (SSSR count). The van der Waals surface area contributed by atoms with Crippen molar-refractivity contribution in [1.82, 2.24) is 10.6 Å². The van der Waals surface area contributed by atoms with Crippen molar-refractivity contribution in [3.05, 3.63) is 23.8 Å². The zero-order chi connectivity index (χ0) is 13.7. The number of hydrogen-bond acceptors (Lipinski definition) is 4. The van der Waals surface area contributed by atoms with Crippen molar-refractivity contribution in [2.75, 3.05) is 20.8 Å². The van der Waals surface area contributed by atoms with Crippen LogP contribution in [-0.4, -0.2) is 32.7 Å². The molecule has 1 heterocycles. The average molecular weight is 264 g/mol. The van der Waals surface area contributed by atoms with Crippen LogP contribution < -0.4 is 20.1 Å². The van der Waals surface area contributed by atoms with Crippen LogP contribution in [-0.2, 0) is 11.3 Å². The van der Waals surface area contributed by atoms with E-state index < -0.39 is 0 Å². The molecule has 1 saturated heterocycles. The number of carbonyl (C=O) groups excluding carboxylic acids is 1. The Bertz CT molecular complexity index is 442. The number of rotatable bonds is 5. The minimum Gasteiger partial charge on any atom is -0.493 e. The molecule has 0 aliphatic carbocycles. The fourth-order valence-corrected chi connectivity index (χ4v) is 2.21. The van der Waals surface area contributed by atoms with Crippen molar-refractivity contribution in [3.63, 3.8) is 0 Å². The molecule has 1 fully saturated rings. The molecule has 0 spiro atoms. The van der Waals surface area contributed by atoms with E-state index in [2.05, 4.69) is 10.6 Å². The minimum absolute atomic E-state index is 0.0415. The van der Waals surface area contributed by atoms with Gasteiger partial charge in [-0.3, -0.25) is 4.79 Å². The predicted octanol–water partition coefficient (Wildman–Crippen LogP) is 1.07. The normalized spacial score (nSPS) is 18.1. The van der Waals surface area contributed by atoms with Crippen molar-refractivity contribution in [1.29, 1.82) is 0 Å². The molecule has 0 aromatic heterocycles. The Labute approximate surface area is 113 Å². The first-order chi connectivity index (χ1) is 9.24. The molecule has 1 aliphatic heterocycles. The van der Waals surface area contributed by atoms with Crippen LogP contribution in [0.5, 0.6) is 11.5 Å². The first-order valence-corrected chi connectivity index (χ1v) is 6.46. The summed E-state index contributed by atoms with van der Waals surface area (Å²) in [5.41, 5.74) is 0.990. The quantitative estimate of drug-likeness (QED) is 0.835. The summed E-state index contributed by atoms with van der Waals surface area (Å²) in [7, 11) is 3.20. The Morgan fingerprint density at radius 2 is 2.16 bits per heavy atom. The van der Waals surface area contributed by atoms with Gasteiger partial charge in [-0.1, -0.05) is 6.07 Å². The third-order valence-electron chi connectivity index (χ3n) is 3.29. The van der Waals surface area contributed by atoms with Crippen molar-refractivity contribution in [2.45, 2.75) is 25.4 Å². The highest BCUT2D eigenvalue weighted by atomic mass is 16.5. The van der Waals surface area contributed by atoms with E-state index in [9.17, 15) is 4.79 Å². The third kappa shape index (κ3) is 3.38. The molecule has 5 heteroatoms. The highest BCUT2D eigenvalue weighted by molar-refractivity contribution is 5.82. The van der Waals surface area contributed by atoms with Crippen LogP contribution in [0.25, 0.3) is 0 Å². The van der Waals surface area contributed by atoms with E-state index in [1.54, 1.807) is 14.2 Å². The van der Waals surface area contributed by atoms with Gasteiger partial charge in [-0.05, 0) is 37.1 Å². The second-order valence-electron chi connectivity index (χ2n) is 4.56. The molecule has 104 valence electrons. The summed E-state index contributed by atoms with van der Waals surface area (Å²) in [6.07, 6.45) is 1.98. The van der Waals surface area contributed by atoms with Crippen molar-refractivity contribution in [2.24, 2.45) is 0 Å². The Hall–Kier alpha value is -1.75. The maximum absolute atomic E-state index is 11.9. The van der Waals surface area contributed by atoms with Gasteiger partial charge in [0.25, 0.3) is 0 Å². The molecule has 0 unspecified atom stereocenters. The Balaban J connectivity index is 1.93. The van der Waals surface area contributed by atoms with E-state index in [1.165, 1.54) is 0 Å². The molecule has 0 radical (unpaired) electrons. The Morgan fingerprint density at radius 1 is 1.37 bits per heavy atom. The van der Waals surface area contributed by atoms with Gasteiger partial charge in [0.05, 0.1) is 20.3 Å². The minimum atomic E-state index is -0.0415. The van der Waals surface area contributed by atoms with Crippen LogP contribution in [0.4, 0.5) is 0 Å². The number of carbonyl (C=O) groups is 1. The number of ether oxygens (including phenoxy) is 2. The van der Waals surface area contributed by atoms with Crippen LogP contribution in [0, 0.1) is 0 Å². The van der Waals surface area contributed by atoms with E-state index >= 15 is 0 Å². The molecule has 1 aliphatic rings. The smallest absolute Gasteiger partial charge is 0.237 e. The van der Waals surface area contributed by atoms with Crippen LogP contribution >= 0.6 is 0 Å². The Kier molecular flexibility index (Phi) is 4.63. The first kappa shape index (κ1) is 13.7. The molecular formula is C14H20N2O3. The maximum Gasteiger partial charge on any atom is 0.237 e. The average Bonchev–Trinajstić information content (AvgIpc) is 2.98. The molecule has 0 saturated carbocycles. The van der Waals surface area contributed by atoms with Gasteiger partial charge in [-0.2, -0.15) is 0 Å². The van der Waals surface area contributed by atoms with E-state index in [-0.39, 0.29) is 11.9 Å². The molecule has 2 N–H and O–H groups in total. The van der Waals surface area contributed by atoms with Gasteiger partial charge in [0.2, 0.25) is 5.91 Å². The molecule has 5 nitrogen and oxygen atoms in total. The summed E-state index contributed by atoms with van der Waals surface area (Å²) in [6.45, 7) is 1.42. The fourth-order valence-electron chi connectivity index (χ4n) is 2.21. The van der Waals surface area contributed by atoms with Gasteiger partial charge >= 0.3 is 0 Å². The molecule has 1 amide bonds. The van der Waals surface area contributed by atoms with E-state index in [0.29, 0.717) is 18.0 Å². The fraction of sp³-hybridized carbons (Fsp3) is 0.500. The van der Waals surface area contributed by atoms with Gasteiger partial charge in [0.15, 0.2) is 11.5 Å². The monoisotopic (exact) mass is 264 g/mol. The molecule has 1 aromatic rings. The van der Waals surface area contributed by atoms with Gasteiger partial charge in [-0.15, -0.1) is 0 Å². The topological polar surface area (TPSA) is 59.6 Å². The number of benzene rings is 1. The summed E-state index contributed by atoms with van der Waals surface area (Å²) in [6, 6.07) is 5.60. The van der Waals surface area contributed by atoms with Crippen molar-refractivity contribution in [3.8, 4) is 11.5 Å². The maximum atomic E-state index is 11.9. The first-order valence-electron chi connectivity index (χ1n) is 6.46. The lowest BCUT2D eigenvalue weighted by atomic mass is 10.2. The van der Waals surface area contributed by atoms with Crippen molar-refractivity contribution < 1.29 is 14.3 Å². The zero-order valence-electron chi connectivity index (χ0n) is 11.4. The summed E-state index contributed by atoms with van der Waals surface area (Å²) >= 11 is 0. The van der Waals surface area contributed by atoms with Gasteiger partial charge < -0.3 is 20.1 Å². The molecule has 19 heavy (non-hydrogen) atoms. The van der Waals surface area contributed by atoms with E-state index in [1.807, 2.05) is 18.2 Å². The predicted molar refractivity (Wildman–Crippen MR) is 72.4 cm³/mol. The second kappa shape index (κ2) is 6.43. The second-order valence-corrected chi connectivity index (χ2v) is 4.56. The molecular weight excluding hydrogens is 244 g/mol. The summed E-state index contributed by atoms with van der Waals surface area (Å²) in [4.78, 5) is 11.9. The zero-order valence-corrected chi connectivity index (χ0v) is 11.4. The number of amides is 1. The summed E-state index contributed by atoms with van der Waals surface area (Å²) in [5.74, 6) is 1.43. The van der Waals surface area contributed by atoms with Crippen molar-refractivity contribution >= 4 is 5.91 Å². The Morgan fingerprint density at radius 3 is 2.79 bits per heavy atom. The molecule has 1 aromatic carbocycles. The summed E-state index contributed by atoms with van der Waals surface area (Å²) < 4.78 is 10.4. The molecule has 1 atom stereocenters.